The first-order valence-corrected chi connectivity index (χ1v) is 5.44. The Morgan fingerprint density at radius 2 is 2.07 bits per heavy atom. The van der Waals surface area contributed by atoms with E-state index in [1.165, 1.54) is 11.8 Å². The van der Waals surface area contributed by atoms with E-state index in [1.807, 2.05) is 6.26 Å². The number of nitrogens with one attached hydrogen (secondary N) is 1. The third-order valence-corrected chi connectivity index (χ3v) is 2.90. The maximum absolute atomic E-state index is 11.0. The maximum Gasteiger partial charge on any atom is 0.312 e. The van der Waals surface area contributed by atoms with Crippen molar-refractivity contribution in [3.05, 3.63) is 0 Å². The van der Waals surface area contributed by atoms with Crippen molar-refractivity contribution < 1.29 is 19.8 Å². The van der Waals surface area contributed by atoms with Crippen molar-refractivity contribution in [3.63, 3.8) is 0 Å². The second-order valence-corrected chi connectivity index (χ2v) is 3.96. The highest BCUT2D eigenvalue weighted by Crippen LogP contribution is 2.10. The Hall–Kier alpha value is -0.750. The van der Waals surface area contributed by atoms with Gasteiger partial charge in [-0.1, -0.05) is 0 Å². The smallest absolute Gasteiger partial charge is 0.312 e. The molecule has 0 saturated carbocycles. The van der Waals surface area contributed by atoms with Gasteiger partial charge < -0.3 is 15.5 Å². The van der Waals surface area contributed by atoms with Gasteiger partial charge in [-0.05, 0) is 13.2 Å². The minimum Gasteiger partial charge on any atom is -0.481 e. The lowest BCUT2D eigenvalue weighted by atomic mass is 10.2. The molecule has 0 saturated heterocycles. The van der Waals surface area contributed by atoms with E-state index in [0.29, 0.717) is 0 Å². The number of aliphatic carboxylic acids is 1. The predicted molar refractivity (Wildman–Crippen MR) is 54.2 cm³/mol. The molecule has 0 aromatic rings. The fraction of sp³-hybridized carbons (Fsp3) is 0.750. The second kappa shape index (κ2) is 6.67. The van der Waals surface area contributed by atoms with Gasteiger partial charge in [0.2, 0.25) is 5.91 Å². The lowest BCUT2D eigenvalue weighted by molar-refractivity contribution is -0.140. The number of carboxylic acid groups (broad SMARTS) is 1. The molecule has 1 amide bonds. The number of carbonyl (C=O) groups is 2. The molecular weight excluding hydrogens is 206 g/mol. The van der Waals surface area contributed by atoms with Crippen molar-refractivity contribution in [2.75, 3.05) is 12.9 Å². The lowest BCUT2D eigenvalue weighted by Crippen LogP contribution is -2.41. The zero-order valence-corrected chi connectivity index (χ0v) is 9.00. The first kappa shape index (κ1) is 13.2. The summed E-state index contributed by atoms with van der Waals surface area (Å²) in [5, 5.41) is 19.6. The topological polar surface area (TPSA) is 86.6 Å². The van der Waals surface area contributed by atoms with Gasteiger partial charge >= 0.3 is 5.97 Å². The van der Waals surface area contributed by atoms with E-state index >= 15 is 0 Å². The normalized spacial score (nSPS) is 14.5. The number of amides is 1. The number of carbonyl (C=O) groups excluding carboxylic acids is 1. The van der Waals surface area contributed by atoms with Crippen LogP contribution < -0.4 is 5.32 Å². The van der Waals surface area contributed by atoms with Gasteiger partial charge in [0.25, 0.3) is 0 Å². The predicted octanol–water partition coefficient (Wildman–Crippen LogP) is -0.310. The average molecular weight is 221 g/mol. The molecule has 3 N–H and O–H groups in total. The molecule has 0 bridgehead atoms. The number of aliphatic hydroxyl groups excluding tert-OH is 1. The van der Waals surface area contributed by atoms with Crippen molar-refractivity contribution in [1.29, 1.82) is 0 Å². The van der Waals surface area contributed by atoms with Crippen molar-refractivity contribution in [1.82, 2.24) is 5.32 Å². The van der Waals surface area contributed by atoms with Gasteiger partial charge in [0.05, 0.1) is 6.61 Å². The Balaban J connectivity index is 3.97. The Kier molecular flexibility index (Phi) is 6.31. The van der Waals surface area contributed by atoms with Crippen LogP contribution in [0.2, 0.25) is 0 Å². The number of hydrogen-bond acceptors (Lipinski definition) is 4. The monoisotopic (exact) mass is 221 g/mol. The van der Waals surface area contributed by atoms with Crippen LogP contribution in [0.1, 0.15) is 13.3 Å². The summed E-state index contributed by atoms with van der Waals surface area (Å²) in [5.74, 6) is -1.68. The zero-order valence-electron chi connectivity index (χ0n) is 8.19. The highest BCUT2D eigenvalue weighted by Gasteiger charge is 2.18. The molecule has 2 atom stereocenters. The molecule has 82 valence electrons. The van der Waals surface area contributed by atoms with E-state index in [0.717, 1.165) is 0 Å². The Morgan fingerprint density at radius 1 is 1.50 bits per heavy atom. The van der Waals surface area contributed by atoms with E-state index in [1.54, 1.807) is 6.92 Å². The fourth-order valence-corrected chi connectivity index (χ4v) is 1.60. The molecule has 0 aliphatic rings. The van der Waals surface area contributed by atoms with Crippen LogP contribution >= 0.6 is 11.8 Å². The van der Waals surface area contributed by atoms with E-state index in [9.17, 15) is 9.59 Å². The number of rotatable bonds is 6. The molecule has 0 aromatic heterocycles. The first-order chi connectivity index (χ1) is 6.51. The summed E-state index contributed by atoms with van der Waals surface area (Å²) in [7, 11) is 0. The summed E-state index contributed by atoms with van der Waals surface area (Å²) >= 11 is 1.43. The van der Waals surface area contributed by atoms with Crippen LogP contribution in [0.15, 0.2) is 0 Å². The van der Waals surface area contributed by atoms with Gasteiger partial charge in [0.1, 0.15) is 6.42 Å². The van der Waals surface area contributed by atoms with Gasteiger partial charge in [-0.3, -0.25) is 9.59 Å². The summed E-state index contributed by atoms with van der Waals surface area (Å²) in [5.41, 5.74) is 0. The van der Waals surface area contributed by atoms with Crippen LogP contribution in [0.5, 0.6) is 0 Å². The molecule has 6 heteroatoms. The van der Waals surface area contributed by atoms with Gasteiger partial charge in [0, 0.05) is 11.3 Å². The van der Waals surface area contributed by atoms with Crippen molar-refractivity contribution in [2.45, 2.75) is 24.6 Å². The molecule has 0 heterocycles. The van der Waals surface area contributed by atoms with E-state index in [4.69, 9.17) is 10.2 Å². The van der Waals surface area contributed by atoms with Crippen LogP contribution in [0.4, 0.5) is 0 Å². The van der Waals surface area contributed by atoms with Crippen molar-refractivity contribution in [3.8, 4) is 0 Å². The number of carboxylic acids is 1. The third kappa shape index (κ3) is 5.08. The third-order valence-electron chi connectivity index (χ3n) is 1.74. The zero-order chi connectivity index (χ0) is 11.1. The highest BCUT2D eigenvalue weighted by atomic mass is 32.2. The summed E-state index contributed by atoms with van der Waals surface area (Å²) in [6, 6.07) is -0.234. The average Bonchev–Trinajstić information content (AvgIpc) is 2.04. The van der Waals surface area contributed by atoms with E-state index < -0.39 is 18.3 Å². The molecule has 0 aliphatic heterocycles. The minimum atomic E-state index is -1.15. The molecule has 0 radical (unpaired) electrons. The molecule has 0 aliphatic carbocycles. The van der Waals surface area contributed by atoms with E-state index in [2.05, 4.69) is 5.32 Å². The van der Waals surface area contributed by atoms with Crippen LogP contribution in [0.3, 0.4) is 0 Å². The Bertz CT molecular complexity index is 206. The van der Waals surface area contributed by atoms with Gasteiger partial charge in [0.15, 0.2) is 0 Å². The van der Waals surface area contributed by atoms with Crippen LogP contribution in [-0.4, -0.2) is 46.2 Å². The summed E-state index contributed by atoms with van der Waals surface area (Å²) in [6.07, 6.45) is 1.29. The molecule has 0 spiro atoms. The number of hydrogen-bond donors (Lipinski definition) is 3. The SMILES string of the molecule is CSC(CO)C(C)NC(=O)CC(=O)O. The lowest BCUT2D eigenvalue weighted by Gasteiger charge is -2.20. The highest BCUT2D eigenvalue weighted by molar-refractivity contribution is 7.99. The standard InChI is InChI=1S/C8H15NO4S/c1-5(6(4-10)14-2)9-7(11)3-8(12)13/h5-6,10H,3-4H2,1-2H3,(H,9,11)(H,12,13). The Morgan fingerprint density at radius 3 is 2.43 bits per heavy atom. The molecular formula is C8H15NO4S. The number of thioether (sulfide) groups is 1. The second-order valence-electron chi connectivity index (χ2n) is 2.88. The molecule has 2 unspecified atom stereocenters. The van der Waals surface area contributed by atoms with Crippen LogP contribution in [0, 0.1) is 0 Å². The molecule has 0 aromatic carbocycles. The van der Waals surface area contributed by atoms with Gasteiger partial charge in [-0.2, -0.15) is 11.8 Å². The molecule has 5 nitrogen and oxygen atoms in total. The molecule has 0 fully saturated rings. The minimum absolute atomic E-state index is 0.0459. The van der Waals surface area contributed by atoms with Gasteiger partial charge in [-0.15, -0.1) is 0 Å². The maximum atomic E-state index is 11.0. The van der Waals surface area contributed by atoms with Gasteiger partial charge in [-0.25, -0.2) is 0 Å². The molecule has 14 heavy (non-hydrogen) atoms. The fourth-order valence-electron chi connectivity index (χ4n) is 0.972. The first-order valence-electron chi connectivity index (χ1n) is 4.16. The van der Waals surface area contributed by atoms with Crippen LogP contribution in [0.25, 0.3) is 0 Å². The number of aliphatic hydroxyl groups is 1. The van der Waals surface area contributed by atoms with Crippen molar-refractivity contribution in [2.24, 2.45) is 0 Å². The summed E-state index contributed by atoms with van der Waals surface area (Å²) in [6.45, 7) is 1.69. The largest absolute Gasteiger partial charge is 0.481 e. The molecule has 0 rings (SSSR count). The van der Waals surface area contributed by atoms with Crippen LogP contribution in [-0.2, 0) is 9.59 Å². The van der Waals surface area contributed by atoms with Crippen molar-refractivity contribution >= 4 is 23.6 Å². The summed E-state index contributed by atoms with van der Waals surface area (Å²) in [4.78, 5) is 21.2. The van der Waals surface area contributed by atoms with E-state index in [-0.39, 0.29) is 17.9 Å². The summed E-state index contributed by atoms with van der Waals surface area (Å²) < 4.78 is 0. The quantitative estimate of drug-likeness (QED) is 0.536. The Labute approximate surface area is 86.9 Å².